The van der Waals surface area contributed by atoms with Crippen molar-refractivity contribution in [2.24, 2.45) is 4.99 Å². The monoisotopic (exact) mass is 418 g/mol. The summed E-state index contributed by atoms with van der Waals surface area (Å²) in [7, 11) is 5.88. The third kappa shape index (κ3) is 6.00. The molecule has 0 aliphatic carbocycles. The van der Waals surface area contributed by atoms with Crippen molar-refractivity contribution in [3.8, 4) is 0 Å². The van der Waals surface area contributed by atoms with Crippen LogP contribution in [0, 0.1) is 0 Å². The molecule has 124 valence electrons. The first-order chi connectivity index (χ1) is 10.2. The number of hydrogen-bond acceptors (Lipinski definition) is 3. The standard InChI is InChI=1S/C16H26N4O.HI/c1-17-16(19-12-15-5-4-10-21-15)18-11-13-6-8-14(9-7-13)20(2)3;/h6-9,15H,4-5,10-12H2,1-3H3,(H2,17,18,19);1H. The van der Waals surface area contributed by atoms with Gasteiger partial charge in [0.1, 0.15) is 0 Å². The van der Waals surface area contributed by atoms with Crippen LogP contribution in [0.25, 0.3) is 0 Å². The van der Waals surface area contributed by atoms with Crippen LogP contribution in [0.3, 0.4) is 0 Å². The summed E-state index contributed by atoms with van der Waals surface area (Å²) >= 11 is 0. The second-order valence-electron chi connectivity index (χ2n) is 5.50. The predicted octanol–water partition coefficient (Wildman–Crippen LogP) is 2.21. The molecule has 1 aliphatic rings. The van der Waals surface area contributed by atoms with Crippen LogP contribution >= 0.6 is 24.0 Å². The molecule has 0 radical (unpaired) electrons. The zero-order chi connectivity index (χ0) is 15.1. The van der Waals surface area contributed by atoms with Crippen molar-refractivity contribution in [3.05, 3.63) is 29.8 Å². The van der Waals surface area contributed by atoms with Gasteiger partial charge in [-0.2, -0.15) is 0 Å². The smallest absolute Gasteiger partial charge is 0.191 e. The quantitative estimate of drug-likeness (QED) is 0.438. The molecule has 0 amide bonds. The lowest BCUT2D eigenvalue weighted by molar-refractivity contribution is 0.114. The number of aliphatic imine (C=N–C) groups is 1. The van der Waals surface area contributed by atoms with Crippen LogP contribution in [0.2, 0.25) is 0 Å². The van der Waals surface area contributed by atoms with Gasteiger partial charge in [-0.05, 0) is 30.5 Å². The van der Waals surface area contributed by atoms with E-state index in [9.17, 15) is 0 Å². The molecule has 1 atom stereocenters. The van der Waals surface area contributed by atoms with Crippen molar-refractivity contribution < 1.29 is 4.74 Å². The van der Waals surface area contributed by atoms with Crippen LogP contribution in [-0.2, 0) is 11.3 Å². The molecule has 1 aliphatic heterocycles. The Morgan fingerprint density at radius 1 is 1.27 bits per heavy atom. The maximum absolute atomic E-state index is 5.60. The Labute approximate surface area is 150 Å². The molecule has 0 spiro atoms. The lowest BCUT2D eigenvalue weighted by Crippen LogP contribution is -2.40. The number of nitrogens with one attached hydrogen (secondary N) is 2. The maximum atomic E-state index is 5.60. The molecule has 2 rings (SSSR count). The Balaban J connectivity index is 0.00000242. The summed E-state index contributed by atoms with van der Waals surface area (Å²) < 4.78 is 5.60. The molecule has 5 nitrogen and oxygen atoms in total. The summed E-state index contributed by atoms with van der Waals surface area (Å²) in [5.74, 6) is 0.821. The molecule has 1 fully saturated rings. The van der Waals surface area contributed by atoms with E-state index in [0.29, 0.717) is 6.10 Å². The Morgan fingerprint density at radius 2 is 2.00 bits per heavy atom. The first-order valence-electron chi connectivity index (χ1n) is 7.51. The molecule has 1 heterocycles. The molecular formula is C16H27IN4O. The highest BCUT2D eigenvalue weighted by molar-refractivity contribution is 14.0. The molecular weight excluding hydrogens is 391 g/mol. The van der Waals surface area contributed by atoms with E-state index in [1.165, 1.54) is 11.3 Å². The van der Waals surface area contributed by atoms with Gasteiger partial charge < -0.3 is 20.3 Å². The predicted molar refractivity (Wildman–Crippen MR) is 103 cm³/mol. The van der Waals surface area contributed by atoms with E-state index in [-0.39, 0.29) is 24.0 Å². The molecule has 0 bridgehead atoms. The average Bonchev–Trinajstić information content (AvgIpc) is 3.01. The summed E-state index contributed by atoms with van der Waals surface area (Å²) in [4.78, 5) is 6.34. The Kier molecular flexibility index (Phi) is 8.55. The van der Waals surface area contributed by atoms with Gasteiger partial charge in [0.15, 0.2) is 5.96 Å². The van der Waals surface area contributed by atoms with Gasteiger partial charge in [0.25, 0.3) is 0 Å². The van der Waals surface area contributed by atoms with Crippen LogP contribution < -0.4 is 15.5 Å². The minimum Gasteiger partial charge on any atom is -0.378 e. The van der Waals surface area contributed by atoms with Gasteiger partial charge in [-0.1, -0.05) is 12.1 Å². The first kappa shape index (κ1) is 19.0. The third-order valence-corrected chi connectivity index (χ3v) is 3.66. The zero-order valence-electron chi connectivity index (χ0n) is 13.6. The molecule has 2 N–H and O–H groups in total. The summed E-state index contributed by atoms with van der Waals surface area (Å²) in [6.07, 6.45) is 2.62. The SMILES string of the molecule is CN=C(NCc1ccc(N(C)C)cc1)NCC1CCCO1.I. The van der Waals surface area contributed by atoms with Gasteiger partial charge in [-0.15, -0.1) is 24.0 Å². The molecule has 1 saturated heterocycles. The summed E-state index contributed by atoms with van der Waals surface area (Å²) in [5, 5.41) is 6.64. The number of guanidine groups is 1. The van der Waals surface area contributed by atoms with E-state index in [4.69, 9.17) is 4.74 Å². The van der Waals surface area contributed by atoms with Crippen molar-refractivity contribution in [2.45, 2.75) is 25.5 Å². The largest absolute Gasteiger partial charge is 0.378 e. The zero-order valence-corrected chi connectivity index (χ0v) is 16.0. The van der Waals surface area contributed by atoms with E-state index in [1.807, 2.05) is 14.1 Å². The molecule has 0 saturated carbocycles. The molecule has 1 unspecified atom stereocenters. The van der Waals surface area contributed by atoms with E-state index in [0.717, 1.165) is 38.5 Å². The maximum Gasteiger partial charge on any atom is 0.191 e. The molecule has 0 aromatic heterocycles. The second kappa shape index (κ2) is 9.89. The summed E-state index contributed by atoms with van der Waals surface area (Å²) in [6.45, 7) is 2.47. The highest BCUT2D eigenvalue weighted by Gasteiger charge is 2.15. The van der Waals surface area contributed by atoms with Crippen molar-refractivity contribution >= 4 is 35.6 Å². The average molecular weight is 418 g/mol. The Hall–Kier alpha value is -1.02. The van der Waals surface area contributed by atoms with Crippen molar-refractivity contribution in [1.29, 1.82) is 0 Å². The van der Waals surface area contributed by atoms with E-state index < -0.39 is 0 Å². The summed E-state index contributed by atoms with van der Waals surface area (Å²) in [5.41, 5.74) is 2.44. The topological polar surface area (TPSA) is 48.9 Å². The lowest BCUT2D eigenvalue weighted by atomic mass is 10.2. The van der Waals surface area contributed by atoms with Crippen LogP contribution in [0.15, 0.2) is 29.3 Å². The van der Waals surface area contributed by atoms with Crippen molar-refractivity contribution in [1.82, 2.24) is 10.6 Å². The van der Waals surface area contributed by atoms with Gasteiger partial charge in [-0.3, -0.25) is 4.99 Å². The Morgan fingerprint density at radius 3 is 2.55 bits per heavy atom. The number of ether oxygens (including phenoxy) is 1. The minimum atomic E-state index is 0. The minimum absolute atomic E-state index is 0. The van der Waals surface area contributed by atoms with Crippen LogP contribution in [0.5, 0.6) is 0 Å². The highest BCUT2D eigenvalue weighted by atomic mass is 127. The van der Waals surface area contributed by atoms with Crippen LogP contribution in [0.4, 0.5) is 5.69 Å². The van der Waals surface area contributed by atoms with Gasteiger partial charge in [0, 0.05) is 46.5 Å². The van der Waals surface area contributed by atoms with E-state index in [1.54, 1.807) is 7.05 Å². The Bertz CT molecular complexity index is 456. The van der Waals surface area contributed by atoms with Gasteiger partial charge >= 0.3 is 0 Å². The fraction of sp³-hybridized carbons (Fsp3) is 0.562. The van der Waals surface area contributed by atoms with Crippen molar-refractivity contribution in [2.75, 3.05) is 39.2 Å². The van der Waals surface area contributed by atoms with Gasteiger partial charge in [-0.25, -0.2) is 0 Å². The lowest BCUT2D eigenvalue weighted by Gasteiger charge is -2.16. The second-order valence-corrected chi connectivity index (χ2v) is 5.50. The summed E-state index contributed by atoms with van der Waals surface area (Å²) in [6, 6.07) is 8.52. The number of rotatable bonds is 5. The molecule has 6 heteroatoms. The van der Waals surface area contributed by atoms with Gasteiger partial charge in [0.05, 0.1) is 6.10 Å². The number of anilines is 1. The fourth-order valence-corrected chi connectivity index (χ4v) is 2.33. The highest BCUT2D eigenvalue weighted by Crippen LogP contribution is 2.12. The fourth-order valence-electron chi connectivity index (χ4n) is 2.33. The van der Waals surface area contributed by atoms with Crippen molar-refractivity contribution in [3.63, 3.8) is 0 Å². The van der Waals surface area contributed by atoms with E-state index in [2.05, 4.69) is 44.8 Å². The number of hydrogen-bond donors (Lipinski definition) is 2. The number of nitrogens with zero attached hydrogens (tertiary/aromatic N) is 2. The van der Waals surface area contributed by atoms with Crippen LogP contribution in [0.1, 0.15) is 18.4 Å². The van der Waals surface area contributed by atoms with Gasteiger partial charge in [0.2, 0.25) is 0 Å². The molecule has 1 aromatic rings. The van der Waals surface area contributed by atoms with E-state index >= 15 is 0 Å². The first-order valence-corrected chi connectivity index (χ1v) is 7.51. The molecule has 1 aromatic carbocycles. The third-order valence-electron chi connectivity index (χ3n) is 3.66. The normalized spacial score (nSPS) is 17.8. The molecule has 22 heavy (non-hydrogen) atoms. The van der Waals surface area contributed by atoms with Crippen LogP contribution in [-0.4, -0.2) is 46.4 Å². The number of benzene rings is 1. The number of halogens is 1.